The number of carbonyl (C=O) groups excluding carboxylic acids is 2. The fourth-order valence-corrected chi connectivity index (χ4v) is 5.69. The van der Waals surface area contributed by atoms with E-state index < -0.39 is 0 Å². The third-order valence-corrected chi connectivity index (χ3v) is 7.32. The first-order valence-corrected chi connectivity index (χ1v) is 11.1. The number of rotatable bonds is 5. The van der Waals surface area contributed by atoms with Gasteiger partial charge in [-0.05, 0) is 62.1 Å². The zero-order chi connectivity index (χ0) is 20.7. The summed E-state index contributed by atoms with van der Waals surface area (Å²) in [7, 11) is 0. The third-order valence-electron chi connectivity index (χ3n) is 7.32. The Balaban J connectivity index is 1.25. The summed E-state index contributed by atoms with van der Waals surface area (Å²) in [6, 6.07) is 9.24. The maximum atomic E-state index is 11.5. The highest BCUT2D eigenvalue weighted by Crippen LogP contribution is 2.43. The molecule has 3 aliphatic rings. The number of primary amides is 1. The van der Waals surface area contributed by atoms with E-state index in [9.17, 15) is 9.59 Å². The Kier molecular flexibility index (Phi) is 5.15. The molecule has 2 N–H and O–H groups in total. The van der Waals surface area contributed by atoms with Crippen molar-refractivity contribution in [3.8, 4) is 0 Å². The summed E-state index contributed by atoms with van der Waals surface area (Å²) in [5, 5.41) is 8.82. The quantitative estimate of drug-likeness (QED) is 0.822. The van der Waals surface area contributed by atoms with Crippen molar-refractivity contribution in [2.24, 2.45) is 5.73 Å². The molecule has 0 spiro atoms. The van der Waals surface area contributed by atoms with E-state index in [4.69, 9.17) is 5.73 Å². The van der Waals surface area contributed by atoms with E-state index in [-0.39, 0.29) is 5.91 Å². The van der Waals surface area contributed by atoms with E-state index >= 15 is 0 Å². The van der Waals surface area contributed by atoms with Crippen LogP contribution < -0.4 is 5.73 Å². The molecule has 3 atom stereocenters. The van der Waals surface area contributed by atoms with Gasteiger partial charge in [-0.15, -0.1) is 5.10 Å². The van der Waals surface area contributed by atoms with Crippen molar-refractivity contribution in [3.63, 3.8) is 0 Å². The molecule has 1 amide bonds. The summed E-state index contributed by atoms with van der Waals surface area (Å²) < 4.78 is 1.98. The smallest absolute Gasteiger partial charge is 0.248 e. The number of carbonyl (C=O) groups is 2. The average molecular weight is 408 g/mol. The SMILES string of the molecule is NC(=O)c1cccc([C@H]2C[C@H]3CC[C@@H](C2)N3Cc2cn(C3CCC(=O)CC3)nn2)c1. The van der Waals surface area contributed by atoms with Crippen LogP contribution in [0.15, 0.2) is 30.5 Å². The van der Waals surface area contributed by atoms with Gasteiger partial charge in [0, 0.05) is 37.0 Å². The number of nitrogens with two attached hydrogens (primary N) is 1. The Morgan fingerprint density at radius 2 is 1.80 bits per heavy atom. The lowest BCUT2D eigenvalue weighted by Gasteiger charge is -2.38. The van der Waals surface area contributed by atoms with Gasteiger partial charge in [-0.1, -0.05) is 17.3 Å². The number of hydrogen-bond acceptors (Lipinski definition) is 5. The summed E-state index contributed by atoms with van der Waals surface area (Å²) in [6.45, 7) is 0.842. The van der Waals surface area contributed by atoms with Crippen LogP contribution in [-0.2, 0) is 11.3 Å². The monoisotopic (exact) mass is 407 g/mol. The van der Waals surface area contributed by atoms with E-state index in [2.05, 4.69) is 27.5 Å². The molecule has 5 rings (SSSR count). The summed E-state index contributed by atoms with van der Waals surface area (Å²) in [4.78, 5) is 25.6. The molecule has 2 bridgehead atoms. The van der Waals surface area contributed by atoms with E-state index in [1.165, 1.54) is 18.4 Å². The second kappa shape index (κ2) is 7.95. The van der Waals surface area contributed by atoms with Gasteiger partial charge < -0.3 is 5.73 Å². The molecule has 2 aromatic rings. The number of amides is 1. The molecule has 3 heterocycles. The van der Waals surface area contributed by atoms with Gasteiger partial charge in [0.1, 0.15) is 5.78 Å². The highest BCUT2D eigenvalue weighted by molar-refractivity contribution is 5.92. The maximum Gasteiger partial charge on any atom is 0.248 e. The molecule has 3 fully saturated rings. The predicted octanol–water partition coefficient (Wildman–Crippen LogP) is 2.97. The van der Waals surface area contributed by atoms with E-state index in [0.29, 0.717) is 48.2 Å². The number of benzene rings is 1. The largest absolute Gasteiger partial charge is 0.366 e. The molecule has 7 nitrogen and oxygen atoms in total. The zero-order valence-electron chi connectivity index (χ0n) is 17.2. The average Bonchev–Trinajstić information content (AvgIpc) is 3.30. The number of nitrogens with zero attached hydrogens (tertiary/aromatic N) is 4. The first-order chi connectivity index (χ1) is 14.6. The predicted molar refractivity (Wildman–Crippen MR) is 112 cm³/mol. The van der Waals surface area contributed by atoms with Crippen molar-refractivity contribution in [1.29, 1.82) is 0 Å². The third kappa shape index (κ3) is 3.78. The van der Waals surface area contributed by atoms with Crippen LogP contribution in [-0.4, -0.2) is 43.7 Å². The lowest BCUT2D eigenvalue weighted by molar-refractivity contribution is -0.120. The molecule has 1 aromatic heterocycles. The van der Waals surface area contributed by atoms with Crippen LogP contribution in [0.5, 0.6) is 0 Å². The van der Waals surface area contributed by atoms with Crippen LogP contribution >= 0.6 is 0 Å². The minimum Gasteiger partial charge on any atom is -0.366 e. The second-order valence-electron chi connectivity index (χ2n) is 9.18. The second-order valence-corrected chi connectivity index (χ2v) is 9.18. The van der Waals surface area contributed by atoms with Crippen molar-refractivity contribution in [1.82, 2.24) is 19.9 Å². The van der Waals surface area contributed by atoms with E-state index in [1.807, 2.05) is 16.8 Å². The van der Waals surface area contributed by atoms with Gasteiger partial charge in [-0.25, -0.2) is 4.68 Å². The van der Waals surface area contributed by atoms with Crippen molar-refractivity contribution in [2.45, 2.75) is 82.0 Å². The Hall–Kier alpha value is -2.54. The Morgan fingerprint density at radius 1 is 1.07 bits per heavy atom. The van der Waals surface area contributed by atoms with Crippen LogP contribution in [0.4, 0.5) is 0 Å². The highest BCUT2D eigenvalue weighted by Gasteiger charge is 2.41. The minimum absolute atomic E-state index is 0.309. The van der Waals surface area contributed by atoms with E-state index in [0.717, 1.165) is 37.9 Å². The minimum atomic E-state index is -0.359. The molecule has 7 heteroatoms. The number of fused-ring (bicyclic) bond motifs is 2. The molecule has 2 saturated heterocycles. The standard InChI is InChI=1S/C23H29N5O2/c24-23(30)16-3-1-2-15(10-16)17-11-20-4-5-21(12-17)27(20)13-18-14-28(26-25-18)19-6-8-22(29)9-7-19/h1-3,10,14,17,19-21H,4-9,11-13H2,(H2,24,30)/t17-,20+,21-. The lowest BCUT2D eigenvalue weighted by atomic mass is 9.84. The van der Waals surface area contributed by atoms with Gasteiger partial charge >= 0.3 is 0 Å². The van der Waals surface area contributed by atoms with Crippen LogP contribution in [0.2, 0.25) is 0 Å². The van der Waals surface area contributed by atoms with Crippen molar-refractivity contribution in [2.75, 3.05) is 0 Å². The normalized spacial score (nSPS) is 27.5. The van der Waals surface area contributed by atoms with Gasteiger partial charge in [0.2, 0.25) is 5.91 Å². The lowest BCUT2D eigenvalue weighted by Crippen LogP contribution is -2.41. The molecule has 0 unspecified atom stereocenters. The van der Waals surface area contributed by atoms with Crippen molar-refractivity contribution >= 4 is 11.7 Å². The number of Topliss-reactive ketones (excluding diaryl/α,β-unsaturated/α-hetero) is 1. The fraction of sp³-hybridized carbons (Fsp3) is 0.565. The number of ketones is 1. The molecule has 30 heavy (non-hydrogen) atoms. The molecule has 158 valence electrons. The zero-order valence-corrected chi connectivity index (χ0v) is 17.2. The Labute approximate surface area is 176 Å². The van der Waals surface area contributed by atoms with Crippen LogP contribution in [0.1, 0.15) is 84.9 Å². The van der Waals surface area contributed by atoms with E-state index in [1.54, 1.807) is 6.07 Å². The van der Waals surface area contributed by atoms with Gasteiger partial charge in [0.05, 0.1) is 17.9 Å². The first kappa shape index (κ1) is 19.4. The molecular formula is C23H29N5O2. The summed E-state index contributed by atoms with van der Waals surface area (Å²) in [5.74, 6) is 0.489. The molecule has 1 aromatic carbocycles. The number of piperidine rings is 1. The molecule has 0 radical (unpaired) electrons. The summed E-state index contributed by atoms with van der Waals surface area (Å²) in [5.41, 5.74) is 8.33. The summed E-state index contributed by atoms with van der Waals surface area (Å²) in [6.07, 6.45) is 9.82. The van der Waals surface area contributed by atoms with Gasteiger partial charge in [-0.2, -0.15) is 0 Å². The topological polar surface area (TPSA) is 94.1 Å². The van der Waals surface area contributed by atoms with Gasteiger partial charge in [-0.3, -0.25) is 14.5 Å². The fourth-order valence-electron chi connectivity index (χ4n) is 5.69. The van der Waals surface area contributed by atoms with Crippen LogP contribution in [0, 0.1) is 0 Å². The Bertz CT molecular complexity index is 931. The molecule has 1 aliphatic carbocycles. The molecule has 2 aliphatic heterocycles. The van der Waals surface area contributed by atoms with Crippen molar-refractivity contribution < 1.29 is 9.59 Å². The first-order valence-electron chi connectivity index (χ1n) is 11.1. The maximum absolute atomic E-state index is 11.5. The molecular weight excluding hydrogens is 378 g/mol. The molecule has 1 saturated carbocycles. The summed E-state index contributed by atoms with van der Waals surface area (Å²) >= 11 is 0. The highest BCUT2D eigenvalue weighted by atomic mass is 16.1. The Morgan fingerprint density at radius 3 is 2.50 bits per heavy atom. The number of aromatic nitrogens is 3. The number of hydrogen-bond donors (Lipinski definition) is 1. The van der Waals surface area contributed by atoms with Crippen LogP contribution in [0.3, 0.4) is 0 Å². The van der Waals surface area contributed by atoms with Crippen molar-refractivity contribution in [3.05, 3.63) is 47.3 Å². The van der Waals surface area contributed by atoms with Gasteiger partial charge in [0.15, 0.2) is 0 Å². The van der Waals surface area contributed by atoms with Gasteiger partial charge in [0.25, 0.3) is 0 Å². The van der Waals surface area contributed by atoms with Crippen LogP contribution in [0.25, 0.3) is 0 Å².